The number of carbonyl (C=O) groups excluding carboxylic acids is 1. The van der Waals surface area contributed by atoms with Crippen LogP contribution in [0.3, 0.4) is 0 Å². The second kappa shape index (κ2) is 12.8. The molecule has 208 valence electrons. The highest BCUT2D eigenvalue weighted by Gasteiger charge is 2.36. The van der Waals surface area contributed by atoms with Crippen LogP contribution in [0.1, 0.15) is 92.8 Å². The molecular formula is C32H40N2O4S. The van der Waals surface area contributed by atoms with Gasteiger partial charge in [0.05, 0.1) is 17.2 Å². The summed E-state index contributed by atoms with van der Waals surface area (Å²) in [6, 6.07) is 11.7. The number of hydrogen-bond acceptors (Lipinski definition) is 5. The molecule has 1 heterocycles. The number of allylic oxidation sites excluding steroid dienone is 1. The number of carboxylic acid groups (broad SMARTS) is 1. The van der Waals surface area contributed by atoms with Gasteiger partial charge in [0.15, 0.2) is 0 Å². The Labute approximate surface area is 236 Å². The molecule has 1 saturated carbocycles. The van der Waals surface area contributed by atoms with Gasteiger partial charge in [-0.3, -0.25) is 15.1 Å². The Kier molecular flexibility index (Phi) is 9.53. The van der Waals surface area contributed by atoms with E-state index < -0.39 is 5.97 Å². The van der Waals surface area contributed by atoms with Crippen LogP contribution in [-0.4, -0.2) is 23.0 Å². The molecule has 1 aromatic heterocycles. The van der Waals surface area contributed by atoms with Gasteiger partial charge in [0.2, 0.25) is 5.91 Å². The summed E-state index contributed by atoms with van der Waals surface area (Å²) in [6.07, 6.45) is 7.90. The number of thiophene rings is 1. The zero-order valence-corrected chi connectivity index (χ0v) is 24.3. The van der Waals surface area contributed by atoms with E-state index in [1.54, 1.807) is 4.90 Å². The Morgan fingerprint density at radius 1 is 1.13 bits per heavy atom. The molecule has 2 aliphatic carbocycles. The van der Waals surface area contributed by atoms with Crippen molar-refractivity contribution in [3.63, 3.8) is 0 Å². The number of hydroxylamine groups is 1. The van der Waals surface area contributed by atoms with E-state index in [1.165, 1.54) is 0 Å². The van der Waals surface area contributed by atoms with Crippen molar-refractivity contribution in [1.82, 2.24) is 5.48 Å². The number of hydrogen-bond donors (Lipinski definition) is 2. The molecular weight excluding hydrogens is 508 g/mol. The van der Waals surface area contributed by atoms with E-state index in [0.29, 0.717) is 35.9 Å². The topological polar surface area (TPSA) is 78.9 Å². The molecule has 0 aliphatic heterocycles. The Bertz CT molecular complexity index is 1240. The van der Waals surface area contributed by atoms with Crippen LogP contribution in [0.2, 0.25) is 0 Å². The maximum atomic E-state index is 14.1. The third-order valence-corrected chi connectivity index (χ3v) is 8.39. The predicted octanol–water partition coefficient (Wildman–Crippen LogP) is 7.16. The number of aromatic carboxylic acids is 1. The van der Waals surface area contributed by atoms with Gasteiger partial charge in [-0.25, -0.2) is 4.79 Å². The summed E-state index contributed by atoms with van der Waals surface area (Å²) < 4.78 is 0. The van der Waals surface area contributed by atoms with E-state index >= 15 is 0 Å². The summed E-state index contributed by atoms with van der Waals surface area (Å²) in [5.41, 5.74) is 5.44. The molecule has 0 radical (unpaired) electrons. The van der Waals surface area contributed by atoms with Gasteiger partial charge >= 0.3 is 5.97 Å². The Balaban J connectivity index is 1.56. The standard InChI is InChI=1S/C32H40N2O4S/c1-22-10-12-24(13-11-22)30(35)34(28-20-27(18-19-32(2,3)4)39-29(28)31(36)37)26-16-14-25(15-17-26)33-38-21-23-8-6-5-7-9-23/h5-9,14,20,22,24,26,33H,10-13,15-17,21H2,1-4H3,(H,36,37)/t22?,24?,26-/m0/s1. The predicted molar refractivity (Wildman–Crippen MR) is 156 cm³/mol. The summed E-state index contributed by atoms with van der Waals surface area (Å²) in [4.78, 5) is 34.8. The molecule has 2 aromatic rings. The summed E-state index contributed by atoms with van der Waals surface area (Å²) in [5, 5.41) is 10.1. The second-order valence-electron chi connectivity index (χ2n) is 11.8. The highest BCUT2D eigenvalue weighted by atomic mass is 32.1. The monoisotopic (exact) mass is 548 g/mol. The lowest BCUT2D eigenvalue weighted by Crippen LogP contribution is -2.46. The van der Waals surface area contributed by atoms with Gasteiger partial charge in [0.25, 0.3) is 0 Å². The number of benzene rings is 1. The normalized spacial score (nSPS) is 21.3. The van der Waals surface area contributed by atoms with Crippen LogP contribution in [0, 0.1) is 29.1 Å². The molecule has 6 nitrogen and oxygen atoms in total. The van der Waals surface area contributed by atoms with Crippen LogP contribution in [0.15, 0.2) is 48.2 Å². The minimum Gasteiger partial charge on any atom is -0.477 e. The molecule has 4 rings (SSSR count). The van der Waals surface area contributed by atoms with Crippen molar-refractivity contribution >= 4 is 28.9 Å². The quantitative estimate of drug-likeness (QED) is 0.270. The molecule has 0 spiro atoms. The van der Waals surface area contributed by atoms with E-state index in [0.717, 1.165) is 54.7 Å². The van der Waals surface area contributed by atoms with Crippen molar-refractivity contribution in [3.05, 3.63) is 63.5 Å². The number of amides is 1. The van der Waals surface area contributed by atoms with Crippen molar-refractivity contribution < 1.29 is 19.5 Å². The van der Waals surface area contributed by atoms with Gasteiger partial charge in [-0.2, -0.15) is 0 Å². The van der Waals surface area contributed by atoms with Crippen LogP contribution in [0.25, 0.3) is 0 Å². The van der Waals surface area contributed by atoms with E-state index in [9.17, 15) is 14.7 Å². The number of nitrogens with one attached hydrogen (secondary N) is 1. The number of nitrogens with zero attached hydrogens (tertiary/aromatic N) is 1. The van der Waals surface area contributed by atoms with Crippen molar-refractivity contribution in [2.75, 3.05) is 4.90 Å². The van der Waals surface area contributed by atoms with Crippen molar-refractivity contribution in [2.24, 2.45) is 17.3 Å². The van der Waals surface area contributed by atoms with Crippen LogP contribution in [0.5, 0.6) is 0 Å². The third-order valence-electron chi connectivity index (χ3n) is 7.36. The van der Waals surface area contributed by atoms with Gasteiger partial charge in [-0.1, -0.05) is 55.2 Å². The highest BCUT2D eigenvalue weighted by molar-refractivity contribution is 7.15. The lowest BCUT2D eigenvalue weighted by molar-refractivity contribution is -0.124. The van der Waals surface area contributed by atoms with Crippen molar-refractivity contribution in [1.29, 1.82) is 0 Å². The summed E-state index contributed by atoms with van der Waals surface area (Å²) in [7, 11) is 0. The van der Waals surface area contributed by atoms with Crippen LogP contribution in [0.4, 0.5) is 5.69 Å². The zero-order valence-electron chi connectivity index (χ0n) is 23.5. The van der Waals surface area contributed by atoms with Crippen molar-refractivity contribution in [3.8, 4) is 11.8 Å². The lowest BCUT2D eigenvalue weighted by atomic mass is 9.81. The van der Waals surface area contributed by atoms with Crippen LogP contribution >= 0.6 is 11.3 Å². The van der Waals surface area contributed by atoms with E-state index in [-0.39, 0.29) is 28.2 Å². The molecule has 1 amide bonds. The van der Waals surface area contributed by atoms with Gasteiger partial charge in [0.1, 0.15) is 4.88 Å². The Morgan fingerprint density at radius 3 is 2.46 bits per heavy atom. The van der Waals surface area contributed by atoms with Gasteiger partial charge in [0, 0.05) is 23.1 Å². The Morgan fingerprint density at radius 2 is 1.85 bits per heavy atom. The fourth-order valence-electron chi connectivity index (χ4n) is 5.16. The average Bonchev–Trinajstić information content (AvgIpc) is 3.33. The number of carbonyl (C=O) groups is 2. The second-order valence-corrected chi connectivity index (χ2v) is 12.9. The molecule has 2 N–H and O–H groups in total. The first-order valence-corrected chi connectivity index (χ1v) is 14.8. The molecule has 1 fully saturated rings. The molecule has 39 heavy (non-hydrogen) atoms. The summed E-state index contributed by atoms with van der Waals surface area (Å²) in [5.74, 6) is 5.94. The average molecular weight is 549 g/mol. The smallest absolute Gasteiger partial charge is 0.348 e. The first kappa shape index (κ1) is 28.9. The van der Waals surface area contributed by atoms with E-state index in [4.69, 9.17) is 4.84 Å². The van der Waals surface area contributed by atoms with Crippen LogP contribution < -0.4 is 10.4 Å². The number of carboxylic acids is 1. The molecule has 7 heteroatoms. The van der Waals surface area contributed by atoms with E-state index in [2.05, 4.69) is 30.3 Å². The fourth-order valence-corrected chi connectivity index (χ4v) is 6.00. The van der Waals surface area contributed by atoms with Gasteiger partial charge in [-0.05, 0) is 83.3 Å². The third kappa shape index (κ3) is 7.97. The summed E-state index contributed by atoms with van der Waals surface area (Å²) >= 11 is 1.16. The SMILES string of the molecule is CC1CCC(C(=O)N(c2cc(C#CC(C)(C)C)sc2C(=O)O)[C@H]2CC=C(NOCc3ccccc3)CC2)CC1. The molecule has 1 aromatic carbocycles. The molecule has 0 saturated heterocycles. The molecule has 2 aliphatic rings. The van der Waals surface area contributed by atoms with Crippen LogP contribution in [-0.2, 0) is 16.2 Å². The lowest BCUT2D eigenvalue weighted by Gasteiger charge is -2.37. The first-order valence-electron chi connectivity index (χ1n) is 13.9. The zero-order chi connectivity index (χ0) is 28.0. The minimum absolute atomic E-state index is 0.0488. The van der Waals surface area contributed by atoms with Gasteiger partial charge < -0.3 is 10.0 Å². The number of anilines is 1. The minimum atomic E-state index is -1.02. The largest absolute Gasteiger partial charge is 0.477 e. The number of rotatable bonds is 8. The maximum Gasteiger partial charge on any atom is 0.348 e. The van der Waals surface area contributed by atoms with Crippen molar-refractivity contribution in [2.45, 2.75) is 85.3 Å². The van der Waals surface area contributed by atoms with Gasteiger partial charge in [-0.15, -0.1) is 11.3 Å². The first-order chi connectivity index (χ1) is 18.6. The highest BCUT2D eigenvalue weighted by Crippen LogP contribution is 2.38. The maximum absolute atomic E-state index is 14.1. The molecule has 0 bridgehead atoms. The molecule has 1 atom stereocenters. The van der Waals surface area contributed by atoms with E-state index in [1.807, 2.05) is 57.2 Å². The fraction of sp³-hybridized carbons (Fsp3) is 0.500. The Hall–Kier alpha value is -3.08. The molecule has 0 unspecified atom stereocenters. The summed E-state index contributed by atoms with van der Waals surface area (Å²) in [6.45, 7) is 8.77.